The molecule has 6 nitrogen and oxygen atoms in total. The summed E-state index contributed by atoms with van der Waals surface area (Å²) >= 11 is 1.28. The van der Waals surface area contributed by atoms with Gasteiger partial charge in [0.15, 0.2) is 0 Å². The highest BCUT2D eigenvalue weighted by Gasteiger charge is 2.36. The van der Waals surface area contributed by atoms with Gasteiger partial charge in [0.2, 0.25) is 0 Å². The third-order valence-corrected chi connectivity index (χ3v) is 5.85. The minimum absolute atomic E-state index is 0.282. The molecule has 2 aliphatic rings. The standard InChI is InChI=1S/C16H17N3O3S/c17-12-9-7-8-3-1-4-10(8)18-14(9)23-13(12)15(20)19-6-2-5-11(19)16(21)22/h7,11H,1-6,17H2,(H,21,22)/t11-/m1/s1. The van der Waals surface area contributed by atoms with Gasteiger partial charge in [-0.1, -0.05) is 0 Å². The van der Waals surface area contributed by atoms with E-state index < -0.39 is 12.0 Å². The normalized spacial score (nSPS) is 20.2. The highest BCUT2D eigenvalue weighted by molar-refractivity contribution is 7.21. The summed E-state index contributed by atoms with van der Waals surface area (Å²) in [6, 6.07) is 1.30. The third-order valence-electron chi connectivity index (χ3n) is 4.74. The number of nitrogens with two attached hydrogens (primary N) is 1. The van der Waals surface area contributed by atoms with E-state index in [1.54, 1.807) is 0 Å². The molecule has 1 aliphatic heterocycles. The first-order valence-corrected chi connectivity index (χ1v) is 8.62. The second-order valence-corrected chi connectivity index (χ2v) is 7.14. The first kappa shape index (κ1) is 14.4. The monoisotopic (exact) mass is 331 g/mol. The largest absolute Gasteiger partial charge is 0.480 e. The van der Waals surface area contributed by atoms with Crippen molar-refractivity contribution in [2.45, 2.75) is 38.1 Å². The van der Waals surface area contributed by atoms with Crippen molar-refractivity contribution < 1.29 is 14.7 Å². The summed E-state index contributed by atoms with van der Waals surface area (Å²) in [5, 5.41) is 10.1. The number of aryl methyl sites for hydroxylation is 2. The van der Waals surface area contributed by atoms with Gasteiger partial charge >= 0.3 is 5.97 Å². The van der Waals surface area contributed by atoms with Gasteiger partial charge in [-0.2, -0.15) is 0 Å². The van der Waals surface area contributed by atoms with E-state index >= 15 is 0 Å². The maximum Gasteiger partial charge on any atom is 0.326 e. The molecule has 1 fully saturated rings. The summed E-state index contributed by atoms with van der Waals surface area (Å²) in [5.74, 6) is -1.23. The van der Waals surface area contributed by atoms with Gasteiger partial charge in [0, 0.05) is 17.6 Å². The molecule has 0 bridgehead atoms. The Kier molecular flexibility index (Phi) is 3.26. The van der Waals surface area contributed by atoms with Gasteiger partial charge in [-0.25, -0.2) is 9.78 Å². The zero-order valence-corrected chi connectivity index (χ0v) is 13.4. The highest BCUT2D eigenvalue weighted by atomic mass is 32.1. The van der Waals surface area contributed by atoms with E-state index in [-0.39, 0.29) is 5.91 Å². The quantitative estimate of drug-likeness (QED) is 0.878. The number of rotatable bonds is 2. The van der Waals surface area contributed by atoms with Crippen LogP contribution in [0.2, 0.25) is 0 Å². The lowest BCUT2D eigenvalue weighted by Crippen LogP contribution is -2.40. The molecule has 1 aliphatic carbocycles. The van der Waals surface area contributed by atoms with Crippen molar-refractivity contribution in [2.75, 3.05) is 12.3 Å². The number of hydrogen-bond acceptors (Lipinski definition) is 5. The zero-order chi connectivity index (χ0) is 16.1. The molecule has 3 N–H and O–H groups in total. The summed E-state index contributed by atoms with van der Waals surface area (Å²) in [6.07, 6.45) is 4.29. The number of nitrogen functional groups attached to an aromatic ring is 1. The molecule has 7 heteroatoms. The van der Waals surface area contributed by atoms with E-state index in [0.717, 1.165) is 35.2 Å². The van der Waals surface area contributed by atoms with Crippen molar-refractivity contribution >= 4 is 39.1 Å². The van der Waals surface area contributed by atoms with Gasteiger partial charge in [0.05, 0.1) is 5.69 Å². The molecule has 120 valence electrons. The predicted molar refractivity (Wildman–Crippen MR) is 87.8 cm³/mol. The lowest BCUT2D eigenvalue weighted by Gasteiger charge is -2.20. The minimum atomic E-state index is -0.951. The second-order valence-electron chi connectivity index (χ2n) is 6.14. The zero-order valence-electron chi connectivity index (χ0n) is 12.5. The second kappa shape index (κ2) is 5.19. The van der Waals surface area contributed by atoms with Crippen molar-refractivity contribution in [1.82, 2.24) is 9.88 Å². The topological polar surface area (TPSA) is 96.5 Å². The number of amides is 1. The number of carboxylic acid groups (broad SMARTS) is 1. The molecule has 23 heavy (non-hydrogen) atoms. The first-order valence-electron chi connectivity index (χ1n) is 7.81. The number of nitrogens with zero attached hydrogens (tertiary/aromatic N) is 2. The first-order chi connectivity index (χ1) is 11.1. The Labute approximate surface area is 136 Å². The molecule has 3 heterocycles. The molecular weight excluding hydrogens is 314 g/mol. The fourth-order valence-electron chi connectivity index (χ4n) is 3.55. The number of hydrogen-bond donors (Lipinski definition) is 2. The SMILES string of the molecule is Nc1c(C(=O)N2CCC[C@@H]2C(=O)O)sc2nc3c(cc12)CCC3. The number of likely N-dealkylation sites (tertiary alicyclic amines) is 1. The molecule has 0 aromatic carbocycles. The van der Waals surface area contributed by atoms with Crippen molar-refractivity contribution in [3.63, 3.8) is 0 Å². The van der Waals surface area contributed by atoms with Crippen LogP contribution < -0.4 is 5.73 Å². The maximum absolute atomic E-state index is 12.8. The van der Waals surface area contributed by atoms with Gasteiger partial charge < -0.3 is 15.7 Å². The molecule has 4 rings (SSSR count). The van der Waals surface area contributed by atoms with Crippen molar-refractivity contribution in [3.8, 4) is 0 Å². The number of fused-ring (bicyclic) bond motifs is 2. The average Bonchev–Trinajstić information content (AvgIpc) is 3.23. The van der Waals surface area contributed by atoms with Gasteiger partial charge in [0.25, 0.3) is 5.91 Å². The summed E-state index contributed by atoms with van der Waals surface area (Å²) in [5.41, 5.74) is 8.95. The summed E-state index contributed by atoms with van der Waals surface area (Å²) in [7, 11) is 0. The fourth-order valence-corrected chi connectivity index (χ4v) is 4.61. The van der Waals surface area contributed by atoms with E-state index in [9.17, 15) is 14.7 Å². The summed E-state index contributed by atoms with van der Waals surface area (Å²) in [4.78, 5) is 31.4. The molecule has 1 amide bonds. The van der Waals surface area contributed by atoms with E-state index in [0.29, 0.717) is 30.0 Å². The molecule has 0 saturated carbocycles. The number of carbonyl (C=O) groups is 2. The number of carbonyl (C=O) groups excluding carboxylic acids is 1. The molecule has 2 aromatic rings. The van der Waals surface area contributed by atoms with Crippen LogP contribution in [0, 0.1) is 0 Å². The lowest BCUT2D eigenvalue weighted by molar-refractivity contribution is -0.141. The van der Waals surface area contributed by atoms with E-state index in [4.69, 9.17) is 5.73 Å². The number of aromatic nitrogens is 1. The summed E-state index contributed by atoms with van der Waals surface area (Å²) < 4.78 is 0. The van der Waals surface area contributed by atoms with Crippen LogP contribution in [0.5, 0.6) is 0 Å². The van der Waals surface area contributed by atoms with Crippen LogP contribution in [-0.2, 0) is 17.6 Å². The van der Waals surface area contributed by atoms with Crippen molar-refractivity contribution in [1.29, 1.82) is 0 Å². The van der Waals surface area contributed by atoms with E-state index in [2.05, 4.69) is 4.98 Å². The van der Waals surface area contributed by atoms with Gasteiger partial charge in [0.1, 0.15) is 15.7 Å². The van der Waals surface area contributed by atoms with Crippen LogP contribution in [0.15, 0.2) is 6.07 Å². The number of carboxylic acids is 1. The van der Waals surface area contributed by atoms with Crippen LogP contribution >= 0.6 is 11.3 Å². The van der Waals surface area contributed by atoms with Crippen LogP contribution in [0.3, 0.4) is 0 Å². The Morgan fingerprint density at radius 2 is 2.17 bits per heavy atom. The Balaban J connectivity index is 1.75. The Morgan fingerprint density at radius 3 is 2.96 bits per heavy atom. The van der Waals surface area contributed by atoms with Crippen LogP contribution in [-0.4, -0.2) is 39.5 Å². The molecule has 0 unspecified atom stereocenters. The van der Waals surface area contributed by atoms with E-state index in [1.807, 2.05) is 6.07 Å². The molecule has 2 aromatic heterocycles. The third kappa shape index (κ3) is 2.18. The Hall–Kier alpha value is -2.15. The van der Waals surface area contributed by atoms with Crippen LogP contribution in [0.4, 0.5) is 5.69 Å². The average molecular weight is 331 g/mol. The van der Waals surface area contributed by atoms with Crippen LogP contribution in [0.1, 0.15) is 40.2 Å². The van der Waals surface area contributed by atoms with Crippen molar-refractivity contribution in [2.24, 2.45) is 0 Å². The fraction of sp³-hybridized carbons (Fsp3) is 0.438. The lowest BCUT2D eigenvalue weighted by atomic mass is 10.1. The van der Waals surface area contributed by atoms with Gasteiger partial charge in [-0.15, -0.1) is 11.3 Å². The van der Waals surface area contributed by atoms with E-state index in [1.165, 1.54) is 21.8 Å². The maximum atomic E-state index is 12.8. The van der Waals surface area contributed by atoms with Crippen LogP contribution in [0.25, 0.3) is 10.2 Å². The highest BCUT2D eigenvalue weighted by Crippen LogP contribution is 2.37. The molecular formula is C16H17N3O3S. The number of pyridine rings is 1. The van der Waals surface area contributed by atoms with Gasteiger partial charge in [-0.3, -0.25) is 4.79 Å². The molecule has 1 saturated heterocycles. The van der Waals surface area contributed by atoms with Gasteiger partial charge in [-0.05, 0) is 43.7 Å². The minimum Gasteiger partial charge on any atom is -0.480 e. The number of aliphatic carboxylic acids is 1. The number of thiophene rings is 1. The number of anilines is 1. The molecule has 0 radical (unpaired) electrons. The Bertz CT molecular complexity index is 830. The van der Waals surface area contributed by atoms with Crippen molar-refractivity contribution in [3.05, 3.63) is 22.2 Å². The Morgan fingerprint density at radius 1 is 1.35 bits per heavy atom. The molecule has 1 atom stereocenters. The smallest absolute Gasteiger partial charge is 0.326 e. The molecule has 0 spiro atoms. The predicted octanol–water partition coefficient (Wildman–Crippen LogP) is 2.06. The summed E-state index contributed by atoms with van der Waals surface area (Å²) in [6.45, 7) is 0.466.